The fraction of sp³-hybridized carbons (Fsp3) is 0.429. The second kappa shape index (κ2) is 10.6. The summed E-state index contributed by atoms with van der Waals surface area (Å²) < 4.78 is 11.0. The van der Waals surface area contributed by atoms with E-state index in [-0.39, 0.29) is 5.91 Å². The van der Waals surface area contributed by atoms with Gasteiger partial charge in [0.15, 0.2) is 0 Å². The minimum absolute atomic E-state index is 0.0340. The van der Waals surface area contributed by atoms with Crippen LogP contribution in [0.3, 0.4) is 0 Å². The van der Waals surface area contributed by atoms with Crippen molar-refractivity contribution in [2.75, 3.05) is 49.7 Å². The van der Waals surface area contributed by atoms with Gasteiger partial charge in [-0.1, -0.05) is 30.3 Å². The number of morpholine rings is 1. The Morgan fingerprint density at radius 1 is 1.11 bits per heavy atom. The molecule has 0 bridgehead atoms. The van der Waals surface area contributed by atoms with Gasteiger partial charge in [0, 0.05) is 26.1 Å². The zero-order valence-electron chi connectivity index (χ0n) is 15.6. The summed E-state index contributed by atoms with van der Waals surface area (Å²) in [5.41, 5.74) is 2.32. The van der Waals surface area contributed by atoms with Crippen LogP contribution in [0.25, 0.3) is 0 Å². The molecule has 1 aromatic heterocycles. The van der Waals surface area contributed by atoms with Crippen molar-refractivity contribution >= 4 is 17.4 Å². The molecule has 1 amide bonds. The van der Waals surface area contributed by atoms with Crippen LogP contribution in [0.1, 0.15) is 18.4 Å². The number of anilines is 2. The van der Waals surface area contributed by atoms with Gasteiger partial charge in [0.05, 0.1) is 31.7 Å². The fourth-order valence-electron chi connectivity index (χ4n) is 2.95. The van der Waals surface area contributed by atoms with Gasteiger partial charge in [-0.05, 0) is 30.5 Å². The minimum atomic E-state index is -0.0340. The number of hydrogen-bond donors (Lipinski definition) is 1. The maximum atomic E-state index is 12.0. The topological polar surface area (TPSA) is 63.7 Å². The van der Waals surface area contributed by atoms with Crippen molar-refractivity contribution in [2.45, 2.75) is 19.3 Å². The summed E-state index contributed by atoms with van der Waals surface area (Å²) in [6, 6.07) is 14.1. The number of ether oxygens (including phenoxy) is 2. The Morgan fingerprint density at radius 3 is 2.67 bits per heavy atom. The summed E-state index contributed by atoms with van der Waals surface area (Å²) in [6.45, 7) is 4.49. The molecule has 1 saturated heterocycles. The van der Waals surface area contributed by atoms with Crippen molar-refractivity contribution in [1.29, 1.82) is 0 Å². The summed E-state index contributed by atoms with van der Waals surface area (Å²) >= 11 is 0. The highest BCUT2D eigenvalue weighted by atomic mass is 16.5. The molecule has 0 aliphatic carbocycles. The molecule has 2 aromatic rings. The summed E-state index contributed by atoms with van der Waals surface area (Å²) in [5.74, 6) is 0.551. The van der Waals surface area contributed by atoms with Crippen LogP contribution in [0.5, 0.6) is 0 Å². The molecule has 0 unspecified atom stereocenters. The van der Waals surface area contributed by atoms with Crippen molar-refractivity contribution in [3.05, 3.63) is 54.2 Å². The van der Waals surface area contributed by atoms with E-state index in [1.165, 1.54) is 5.56 Å². The van der Waals surface area contributed by atoms with Crippen LogP contribution in [0.4, 0.5) is 11.5 Å². The van der Waals surface area contributed by atoms with Crippen LogP contribution in [0.15, 0.2) is 48.7 Å². The Labute approximate surface area is 160 Å². The maximum Gasteiger partial charge on any atom is 0.225 e. The lowest BCUT2D eigenvalue weighted by Gasteiger charge is -2.28. The molecule has 1 N–H and O–H groups in total. The molecular formula is C21H27N3O3. The number of amides is 1. The molecule has 1 aromatic carbocycles. The van der Waals surface area contributed by atoms with E-state index in [0.29, 0.717) is 31.9 Å². The maximum absolute atomic E-state index is 12.0. The Kier molecular flexibility index (Phi) is 7.62. The number of benzene rings is 1. The lowest BCUT2D eigenvalue weighted by Crippen LogP contribution is -2.36. The van der Waals surface area contributed by atoms with Crippen LogP contribution < -0.4 is 10.2 Å². The van der Waals surface area contributed by atoms with E-state index >= 15 is 0 Å². The molecule has 6 heteroatoms. The monoisotopic (exact) mass is 369 g/mol. The molecule has 3 rings (SSSR count). The molecule has 1 aliphatic heterocycles. The van der Waals surface area contributed by atoms with Gasteiger partial charge in [0.25, 0.3) is 0 Å². The van der Waals surface area contributed by atoms with E-state index in [2.05, 4.69) is 27.3 Å². The molecule has 0 atom stereocenters. The number of nitrogens with zero attached hydrogens (tertiary/aromatic N) is 2. The standard InChI is InChI=1S/C21H27N3O3/c25-21(7-4-13-26-14-10-18-5-2-1-3-6-18)23-20-9-8-19(17-22-20)24-11-15-27-16-12-24/h1-3,5-6,8-9,17H,4,7,10-16H2,(H,22,23,25). The van der Waals surface area contributed by atoms with Crippen LogP contribution in [-0.4, -0.2) is 50.4 Å². The van der Waals surface area contributed by atoms with Gasteiger partial charge < -0.3 is 19.7 Å². The number of rotatable bonds is 9. The van der Waals surface area contributed by atoms with Gasteiger partial charge in [0.2, 0.25) is 5.91 Å². The Balaban J connectivity index is 1.29. The third-order valence-electron chi connectivity index (χ3n) is 4.46. The van der Waals surface area contributed by atoms with Crippen molar-refractivity contribution < 1.29 is 14.3 Å². The molecule has 1 aliphatic rings. The van der Waals surface area contributed by atoms with Crippen LogP contribution in [0.2, 0.25) is 0 Å². The van der Waals surface area contributed by atoms with Crippen LogP contribution >= 0.6 is 0 Å². The van der Waals surface area contributed by atoms with E-state index in [9.17, 15) is 4.79 Å². The first-order chi connectivity index (χ1) is 13.3. The first kappa shape index (κ1) is 19.3. The SMILES string of the molecule is O=C(CCCOCCc1ccccc1)Nc1ccc(N2CCOCC2)cn1. The number of nitrogens with one attached hydrogen (secondary N) is 1. The van der Waals surface area contributed by atoms with Gasteiger partial charge in [-0.25, -0.2) is 4.98 Å². The Hall–Kier alpha value is -2.44. The second-order valence-corrected chi connectivity index (χ2v) is 6.50. The molecule has 1 fully saturated rings. The largest absolute Gasteiger partial charge is 0.381 e. The summed E-state index contributed by atoms with van der Waals surface area (Å²) in [5, 5.41) is 2.84. The van der Waals surface area contributed by atoms with Gasteiger partial charge in [-0.2, -0.15) is 0 Å². The smallest absolute Gasteiger partial charge is 0.225 e. The van der Waals surface area contributed by atoms with E-state index in [0.717, 1.165) is 38.4 Å². The van der Waals surface area contributed by atoms with Crippen molar-refractivity contribution in [2.24, 2.45) is 0 Å². The molecule has 144 valence electrons. The highest BCUT2D eigenvalue weighted by molar-refractivity contribution is 5.89. The number of carbonyl (C=O) groups is 1. The lowest BCUT2D eigenvalue weighted by atomic mass is 10.2. The van der Waals surface area contributed by atoms with Gasteiger partial charge in [-0.3, -0.25) is 4.79 Å². The summed E-state index contributed by atoms with van der Waals surface area (Å²) in [4.78, 5) is 18.6. The third-order valence-corrected chi connectivity index (χ3v) is 4.46. The highest BCUT2D eigenvalue weighted by Gasteiger charge is 2.11. The van der Waals surface area contributed by atoms with Crippen LogP contribution in [0, 0.1) is 0 Å². The molecule has 6 nitrogen and oxygen atoms in total. The van der Waals surface area contributed by atoms with E-state index in [1.807, 2.05) is 30.3 Å². The number of pyridine rings is 1. The molecule has 0 radical (unpaired) electrons. The fourth-order valence-corrected chi connectivity index (χ4v) is 2.95. The number of carbonyl (C=O) groups excluding carboxylic acids is 1. The third kappa shape index (κ3) is 6.66. The quantitative estimate of drug-likeness (QED) is 0.689. The average molecular weight is 369 g/mol. The van der Waals surface area contributed by atoms with E-state index < -0.39 is 0 Å². The van der Waals surface area contributed by atoms with Gasteiger partial charge in [0.1, 0.15) is 5.82 Å². The van der Waals surface area contributed by atoms with Gasteiger partial charge in [-0.15, -0.1) is 0 Å². The first-order valence-corrected chi connectivity index (χ1v) is 9.51. The zero-order chi connectivity index (χ0) is 18.7. The minimum Gasteiger partial charge on any atom is -0.381 e. The molecule has 0 saturated carbocycles. The van der Waals surface area contributed by atoms with Crippen molar-refractivity contribution in [3.63, 3.8) is 0 Å². The highest BCUT2D eigenvalue weighted by Crippen LogP contribution is 2.16. The Bertz CT molecular complexity index is 686. The normalized spacial score (nSPS) is 14.1. The van der Waals surface area contributed by atoms with E-state index in [4.69, 9.17) is 9.47 Å². The molecule has 2 heterocycles. The Morgan fingerprint density at radius 2 is 1.93 bits per heavy atom. The first-order valence-electron chi connectivity index (χ1n) is 9.51. The van der Waals surface area contributed by atoms with Crippen molar-refractivity contribution in [3.8, 4) is 0 Å². The number of hydrogen-bond acceptors (Lipinski definition) is 5. The predicted molar refractivity (Wildman–Crippen MR) is 106 cm³/mol. The van der Waals surface area contributed by atoms with Crippen molar-refractivity contribution in [1.82, 2.24) is 4.98 Å². The summed E-state index contributed by atoms with van der Waals surface area (Å²) in [6.07, 6.45) is 3.82. The predicted octanol–water partition coefficient (Wildman–Crippen LogP) is 2.90. The van der Waals surface area contributed by atoms with E-state index in [1.54, 1.807) is 6.20 Å². The lowest BCUT2D eigenvalue weighted by molar-refractivity contribution is -0.116. The number of aromatic nitrogens is 1. The zero-order valence-corrected chi connectivity index (χ0v) is 15.6. The second-order valence-electron chi connectivity index (χ2n) is 6.50. The molecular weight excluding hydrogens is 342 g/mol. The average Bonchev–Trinajstić information content (AvgIpc) is 2.72. The summed E-state index contributed by atoms with van der Waals surface area (Å²) in [7, 11) is 0. The molecule has 27 heavy (non-hydrogen) atoms. The van der Waals surface area contributed by atoms with Gasteiger partial charge >= 0.3 is 0 Å². The molecule has 0 spiro atoms. The van der Waals surface area contributed by atoms with Crippen LogP contribution in [-0.2, 0) is 20.7 Å².